The molecule has 1 heteroatoms. The average Bonchev–Trinajstić information content (AvgIpc) is 2.74. The van der Waals surface area contributed by atoms with Crippen LogP contribution in [0, 0.1) is 17.7 Å². The summed E-state index contributed by atoms with van der Waals surface area (Å²) >= 11 is 0. The molecule has 0 aliphatic heterocycles. The zero-order valence-electron chi connectivity index (χ0n) is 18.6. The Morgan fingerprint density at radius 3 is 1.83 bits per heavy atom. The topological polar surface area (TPSA) is 0 Å². The van der Waals surface area contributed by atoms with Gasteiger partial charge in [0.1, 0.15) is 5.82 Å². The SMILES string of the molecule is CCCc1ccc(CCc2ccc(CCC3CCC(CCC)CC3)cc2F)cc1. The highest BCUT2D eigenvalue weighted by atomic mass is 19.1. The van der Waals surface area contributed by atoms with Gasteiger partial charge in [-0.05, 0) is 72.3 Å². The van der Waals surface area contributed by atoms with Gasteiger partial charge in [0.2, 0.25) is 0 Å². The van der Waals surface area contributed by atoms with Crippen LogP contribution in [-0.2, 0) is 25.7 Å². The third-order valence-corrected chi connectivity index (χ3v) is 6.87. The fourth-order valence-electron chi connectivity index (χ4n) is 4.98. The first kappa shape index (κ1) is 22.1. The number of hydrogen-bond donors (Lipinski definition) is 0. The second kappa shape index (κ2) is 11.5. The molecule has 2 aromatic carbocycles. The van der Waals surface area contributed by atoms with Crippen molar-refractivity contribution in [2.45, 2.75) is 90.9 Å². The summed E-state index contributed by atoms with van der Waals surface area (Å²) in [4.78, 5) is 0. The predicted molar refractivity (Wildman–Crippen MR) is 123 cm³/mol. The number of hydrogen-bond acceptors (Lipinski definition) is 0. The maximum absolute atomic E-state index is 14.6. The molecule has 0 amide bonds. The van der Waals surface area contributed by atoms with Crippen molar-refractivity contribution < 1.29 is 4.39 Å². The zero-order valence-corrected chi connectivity index (χ0v) is 18.6. The van der Waals surface area contributed by atoms with Crippen molar-refractivity contribution in [3.8, 4) is 0 Å². The van der Waals surface area contributed by atoms with Crippen LogP contribution in [0.4, 0.5) is 4.39 Å². The minimum atomic E-state index is -0.0169. The number of rotatable bonds is 10. The molecule has 29 heavy (non-hydrogen) atoms. The molecule has 0 radical (unpaired) electrons. The monoisotopic (exact) mass is 394 g/mol. The van der Waals surface area contributed by atoms with Crippen molar-refractivity contribution in [3.05, 3.63) is 70.5 Å². The lowest BCUT2D eigenvalue weighted by Crippen LogP contribution is -2.15. The molecule has 0 nitrogen and oxygen atoms in total. The fourth-order valence-corrected chi connectivity index (χ4v) is 4.98. The molecule has 2 aromatic rings. The van der Waals surface area contributed by atoms with Gasteiger partial charge >= 0.3 is 0 Å². The van der Waals surface area contributed by atoms with Crippen molar-refractivity contribution in [3.63, 3.8) is 0 Å². The van der Waals surface area contributed by atoms with Gasteiger partial charge in [-0.15, -0.1) is 0 Å². The van der Waals surface area contributed by atoms with Crippen LogP contribution in [-0.4, -0.2) is 0 Å². The highest BCUT2D eigenvalue weighted by Gasteiger charge is 2.20. The Bertz CT molecular complexity index is 722. The Kier molecular flexibility index (Phi) is 8.77. The summed E-state index contributed by atoms with van der Waals surface area (Å²) in [7, 11) is 0. The van der Waals surface area contributed by atoms with E-state index in [-0.39, 0.29) is 5.82 Å². The molecule has 1 saturated carbocycles. The lowest BCUT2D eigenvalue weighted by Gasteiger charge is -2.28. The van der Waals surface area contributed by atoms with Crippen LogP contribution >= 0.6 is 0 Å². The molecular weight excluding hydrogens is 355 g/mol. The zero-order chi connectivity index (χ0) is 20.5. The van der Waals surface area contributed by atoms with Crippen molar-refractivity contribution in [1.82, 2.24) is 0 Å². The molecule has 0 heterocycles. The van der Waals surface area contributed by atoms with Crippen molar-refractivity contribution >= 4 is 0 Å². The summed E-state index contributed by atoms with van der Waals surface area (Å²) in [6.07, 6.45) is 14.5. The summed E-state index contributed by atoms with van der Waals surface area (Å²) < 4.78 is 14.6. The van der Waals surface area contributed by atoms with Crippen molar-refractivity contribution in [1.29, 1.82) is 0 Å². The normalized spacial score (nSPS) is 19.4. The summed E-state index contributed by atoms with van der Waals surface area (Å²) in [6.45, 7) is 4.51. The van der Waals surface area contributed by atoms with Gasteiger partial charge in [0.25, 0.3) is 0 Å². The van der Waals surface area contributed by atoms with Gasteiger partial charge in [0.15, 0.2) is 0 Å². The van der Waals surface area contributed by atoms with Gasteiger partial charge in [0, 0.05) is 0 Å². The molecule has 3 rings (SSSR count). The predicted octanol–water partition coefficient (Wildman–Crippen LogP) is 8.10. The molecule has 1 fully saturated rings. The molecular formula is C28H39F. The largest absolute Gasteiger partial charge is 0.207 e. The minimum absolute atomic E-state index is 0.0169. The molecule has 0 atom stereocenters. The Balaban J connectivity index is 1.45. The van der Waals surface area contributed by atoms with Gasteiger partial charge in [-0.2, -0.15) is 0 Å². The lowest BCUT2D eigenvalue weighted by molar-refractivity contribution is 0.252. The molecule has 0 aromatic heterocycles. The standard InChI is InChI=1S/C28H39F/c1-3-5-22-7-11-24(12-8-22)15-16-26-18-20-27(28(29)21-26)19-17-25-13-9-23(6-4-2)10-14-25/h9-10,13-14,18,20-22,24H,3-8,11-12,15-17,19H2,1-2H3. The van der Waals surface area contributed by atoms with E-state index in [1.807, 2.05) is 6.07 Å². The summed E-state index contributed by atoms with van der Waals surface area (Å²) in [5.74, 6) is 1.80. The van der Waals surface area contributed by atoms with E-state index in [1.165, 1.54) is 68.1 Å². The summed E-state index contributed by atoms with van der Waals surface area (Å²) in [5, 5.41) is 0. The van der Waals surface area contributed by atoms with E-state index in [4.69, 9.17) is 0 Å². The van der Waals surface area contributed by atoms with Gasteiger partial charge in [0.05, 0.1) is 0 Å². The van der Waals surface area contributed by atoms with Crippen LogP contribution in [0.15, 0.2) is 42.5 Å². The summed E-state index contributed by atoms with van der Waals surface area (Å²) in [6, 6.07) is 14.8. The molecule has 1 aliphatic carbocycles. The van der Waals surface area contributed by atoms with E-state index in [0.29, 0.717) is 0 Å². The summed E-state index contributed by atoms with van der Waals surface area (Å²) in [5.41, 5.74) is 4.72. The first-order chi connectivity index (χ1) is 14.2. The van der Waals surface area contributed by atoms with E-state index in [0.717, 1.165) is 43.1 Å². The van der Waals surface area contributed by atoms with Gasteiger partial charge in [-0.25, -0.2) is 4.39 Å². The third-order valence-electron chi connectivity index (χ3n) is 6.87. The Morgan fingerprint density at radius 1 is 0.655 bits per heavy atom. The maximum Gasteiger partial charge on any atom is 0.126 e. The molecule has 0 bridgehead atoms. The number of aryl methyl sites for hydroxylation is 4. The van der Waals surface area contributed by atoms with Crippen LogP contribution in [0.1, 0.15) is 87.5 Å². The van der Waals surface area contributed by atoms with Crippen LogP contribution in [0.25, 0.3) is 0 Å². The average molecular weight is 395 g/mol. The first-order valence-corrected chi connectivity index (χ1v) is 12.0. The fraction of sp³-hybridized carbons (Fsp3) is 0.571. The molecule has 0 saturated heterocycles. The van der Waals surface area contributed by atoms with E-state index >= 15 is 0 Å². The quantitative estimate of drug-likeness (QED) is 0.382. The van der Waals surface area contributed by atoms with Crippen LogP contribution in [0.2, 0.25) is 0 Å². The van der Waals surface area contributed by atoms with E-state index in [2.05, 4.69) is 44.2 Å². The van der Waals surface area contributed by atoms with Gasteiger partial charge < -0.3 is 0 Å². The Morgan fingerprint density at radius 2 is 1.24 bits per heavy atom. The maximum atomic E-state index is 14.6. The minimum Gasteiger partial charge on any atom is -0.207 e. The van der Waals surface area contributed by atoms with Crippen LogP contribution in [0.5, 0.6) is 0 Å². The first-order valence-electron chi connectivity index (χ1n) is 12.0. The molecule has 1 aliphatic rings. The third kappa shape index (κ3) is 6.98. The highest BCUT2D eigenvalue weighted by Crippen LogP contribution is 2.33. The number of benzene rings is 2. The van der Waals surface area contributed by atoms with Crippen LogP contribution in [0.3, 0.4) is 0 Å². The van der Waals surface area contributed by atoms with Crippen LogP contribution < -0.4 is 0 Å². The second-order valence-corrected chi connectivity index (χ2v) is 9.21. The number of halogens is 1. The smallest absolute Gasteiger partial charge is 0.126 e. The van der Waals surface area contributed by atoms with E-state index < -0.39 is 0 Å². The Hall–Kier alpha value is -1.63. The highest BCUT2D eigenvalue weighted by molar-refractivity contribution is 5.27. The van der Waals surface area contributed by atoms with Crippen molar-refractivity contribution in [2.24, 2.45) is 11.8 Å². The van der Waals surface area contributed by atoms with E-state index in [9.17, 15) is 4.39 Å². The van der Waals surface area contributed by atoms with E-state index in [1.54, 1.807) is 6.07 Å². The molecule has 158 valence electrons. The van der Waals surface area contributed by atoms with Gasteiger partial charge in [-0.3, -0.25) is 0 Å². The molecule has 0 N–H and O–H groups in total. The molecule has 0 unspecified atom stereocenters. The van der Waals surface area contributed by atoms with Gasteiger partial charge in [-0.1, -0.05) is 95.2 Å². The second-order valence-electron chi connectivity index (χ2n) is 9.21. The molecule has 0 spiro atoms. The lowest BCUT2D eigenvalue weighted by atomic mass is 9.78. The Labute approximate surface area is 177 Å². The van der Waals surface area contributed by atoms with Crippen molar-refractivity contribution in [2.75, 3.05) is 0 Å².